The smallest absolute Gasteiger partial charge is 0.128 e. The van der Waals surface area contributed by atoms with Crippen LogP contribution in [0.15, 0.2) is 22.7 Å². The first-order valence-electron chi connectivity index (χ1n) is 6.66. The molecule has 3 nitrogen and oxygen atoms in total. The Labute approximate surface area is 135 Å². The number of unbranched alkanes of at least 4 members (excludes halogenated alkanes) is 1. The van der Waals surface area contributed by atoms with E-state index in [4.69, 9.17) is 5.11 Å². The highest BCUT2D eigenvalue weighted by Gasteiger charge is 2.17. The van der Waals surface area contributed by atoms with Crippen LogP contribution >= 0.6 is 15.9 Å². The van der Waals surface area contributed by atoms with Crippen LogP contribution in [0.4, 0.5) is 8.78 Å². The third-order valence-electron chi connectivity index (χ3n) is 2.71. The normalized spacial score (nSPS) is 13.2. The highest BCUT2D eigenvalue weighted by molar-refractivity contribution is 9.10. The van der Waals surface area contributed by atoms with Gasteiger partial charge in [0.1, 0.15) is 5.82 Å². The Hall–Kier alpha value is -0.370. The predicted molar refractivity (Wildman–Crippen MR) is 86.6 cm³/mol. The van der Waals surface area contributed by atoms with Crippen LogP contribution in [0.5, 0.6) is 0 Å². The number of aliphatic hydroxyl groups excluding tert-OH is 1. The van der Waals surface area contributed by atoms with E-state index in [2.05, 4.69) is 20.7 Å². The summed E-state index contributed by atoms with van der Waals surface area (Å²) >= 11 is 3.29. The fraction of sp³-hybridized carbons (Fsp3) is 0.571. The van der Waals surface area contributed by atoms with Crippen molar-refractivity contribution in [2.45, 2.75) is 32.2 Å². The third kappa shape index (κ3) is 7.99. The molecule has 0 saturated carbocycles. The summed E-state index contributed by atoms with van der Waals surface area (Å²) in [5.74, 6) is 0.176. The molecule has 0 aliphatic rings. The minimum atomic E-state index is -1.21. The average Bonchev–Trinajstić information content (AvgIpc) is 2.49. The SMILES string of the molecule is CCCCS(=O)NC(CCO)c1cc(Br)ccc1F.CF. The Morgan fingerprint density at radius 3 is 2.67 bits per heavy atom. The Kier molecular flexibility index (Phi) is 12.0. The van der Waals surface area contributed by atoms with Gasteiger partial charge in [0.2, 0.25) is 0 Å². The molecule has 1 rings (SSSR count). The Morgan fingerprint density at radius 2 is 2.10 bits per heavy atom. The molecule has 2 N–H and O–H groups in total. The highest BCUT2D eigenvalue weighted by Crippen LogP contribution is 2.24. The summed E-state index contributed by atoms with van der Waals surface area (Å²) in [6.07, 6.45) is 2.14. The Bertz CT molecular complexity index is 435. The van der Waals surface area contributed by atoms with E-state index >= 15 is 0 Å². The largest absolute Gasteiger partial charge is 0.396 e. The van der Waals surface area contributed by atoms with E-state index in [9.17, 15) is 13.0 Å². The van der Waals surface area contributed by atoms with Crippen LogP contribution in [-0.4, -0.2) is 28.9 Å². The first-order chi connectivity index (χ1) is 10.1. The summed E-state index contributed by atoms with van der Waals surface area (Å²) in [5.41, 5.74) is 0.424. The second-order valence-corrected chi connectivity index (χ2v) is 6.50. The molecule has 0 fully saturated rings. The lowest BCUT2D eigenvalue weighted by Gasteiger charge is -2.18. The van der Waals surface area contributed by atoms with Gasteiger partial charge in [-0.3, -0.25) is 4.39 Å². The summed E-state index contributed by atoms with van der Waals surface area (Å²) in [7, 11) is -0.710. The molecule has 0 amide bonds. The first-order valence-corrected chi connectivity index (χ1v) is 8.77. The zero-order valence-corrected chi connectivity index (χ0v) is 14.6. The van der Waals surface area contributed by atoms with E-state index in [0.29, 0.717) is 24.9 Å². The number of rotatable bonds is 8. The van der Waals surface area contributed by atoms with Gasteiger partial charge < -0.3 is 5.11 Å². The number of halogens is 3. The van der Waals surface area contributed by atoms with Crippen molar-refractivity contribution in [3.05, 3.63) is 34.1 Å². The fourth-order valence-electron chi connectivity index (χ4n) is 1.68. The molecule has 21 heavy (non-hydrogen) atoms. The minimum Gasteiger partial charge on any atom is -0.396 e. The summed E-state index contributed by atoms with van der Waals surface area (Å²) in [4.78, 5) is 0. The summed E-state index contributed by atoms with van der Waals surface area (Å²) in [6, 6.07) is 4.18. The maximum Gasteiger partial charge on any atom is 0.128 e. The van der Waals surface area contributed by atoms with Crippen LogP contribution in [0.1, 0.15) is 37.8 Å². The molecule has 0 aromatic heterocycles. The zero-order valence-electron chi connectivity index (χ0n) is 12.2. The Balaban J connectivity index is 0.00000191. The number of alkyl halides is 1. The van der Waals surface area contributed by atoms with Crippen LogP contribution in [0.25, 0.3) is 0 Å². The molecule has 122 valence electrons. The van der Waals surface area contributed by atoms with Gasteiger partial charge in [-0.15, -0.1) is 0 Å². The molecule has 0 aliphatic heterocycles. The molecule has 2 unspecified atom stereocenters. The molecule has 7 heteroatoms. The van der Waals surface area contributed by atoms with Gasteiger partial charge >= 0.3 is 0 Å². The van der Waals surface area contributed by atoms with E-state index in [1.165, 1.54) is 6.07 Å². The van der Waals surface area contributed by atoms with Crippen molar-refractivity contribution < 1.29 is 18.1 Å². The number of hydrogen-bond acceptors (Lipinski definition) is 2. The Morgan fingerprint density at radius 1 is 1.43 bits per heavy atom. The van der Waals surface area contributed by atoms with Crippen molar-refractivity contribution in [1.82, 2.24) is 4.72 Å². The molecule has 0 saturated heterocycles. The highest BCUT2D eigenvalue weighted by atomic mass is 79.9. The number of nitrogens with one attached hydrogen (secondary N) is 1. The van der Waals surface area contributed by atoms with Gasteiger partial charge in [0, 0.05) is 28.4 Å². The average molecular weight is 386 g/mol. The number of hydrogen-bond donors (Lipinski definition) is 2. The van der Waals surface area contributed by atoms with E-state index < -0.39 is 17.0 Å². The van der Waals surface area contributed by atoms with Gasteiger partial charge in [0.05, 0.1) is 18.2 Å². The molecular weight excluding hydrogens is 364 g/mol. The van der Waals surface area contributed by atoms with Crippen molar-refractivity contribution in [2.24, 2.45) is 0 Å². The standard InChI is InChI=1S/C13H19BrFNO2S.CH3F/c1-2-3-8-19(18)16-13(6-7-17)11-9-10(14)4-5-12(11)15;1-2/h4-5,9,13,16-17H,2-3,6-8H2,1H3;1H3. The van der Waals surface area contributed by atoms with Crippen LogP contribution in [-0.2, 0) is 11.0 Å². The second-order valence-electron chi connectivity index (χ2n) is 4.25. The molecule has 0 aliphatic carbocycles. The van der Waals surface area contributed by atoms with Gasteiger partial charge in [-0.1, -0.05) is 29.3 Å². The van der Waals surface area contributed by atoms with Crippen LogP contribution < -0.4 is 4.72 Å². The zero-order chi connectivity index (χ0) is 16.3. The van der Waals surface area contributed by atoms with Crippen molar-refractivity contribution >= 4 is 26.9 Å². The molecule has 0 heterocycles. The predicted octanol–water partition coefficient (Wildman–Crippen LogP) is 3.65. The summed E-state index contributed by atoms with van der Waals surface area (Å²) in [6.45, 7) is 1.94. The van der Waals surface area contributed by atoms with Crippen LogP contribution in [0.3, 0.4) is 0 Å². The molecule has 0 spiro atoms. The molecule has 1 aromatic carbocycles. The van der Waals surface area contributed by atoms with Crippen LogP contribution in [0.2, 0.25) is 0 Å². The van der Waals surface area contributed by atoms with Crippen LogP contribution in [0, 0.1) is 5.82 Å². The van der Waals surface area contributed by atoms with E-state index in [1.54, 1.807) is 12.1 Å². The van der Waals surface area contributed by atoms with Crippen molar-refractivity contribution in [3.8, 4) is 0 Å². The van der Waals surface area contributed by atoms with E-state index in [1.807, 2.05) is 6.92 Å². The third-order valence-corrected chi connectivity index (χ3v) is 4.41. The van der Waals surface area contributed by atoms with Gasteiger partial charge in [0.25, 0.3) is 0 Å². The summed E-state index contributed by atoms with van der Waals surface area (Å²) in [5, 5.41) is 9.07. The van der Waals surface area contributed by atoms with Gasteiger partial charge in [-0.05, 0) is 31.0 Å². The second kappa shape index (κ2) is 12.2. The topological polar surface area (TPSA) is 49.3 Å². The first kappa shape index (κ1) is 20.6. The number of benzene rings is 1. The maximum absolute atomic E-state index is 13.8. The van der Waals surface area contributed by atoms with Gasteiger partial charge in [-0.2, -0.15) is 0 Å². The molecule has 1 aromatic rings. The lowest BCUT2D eigenvalue weighted by atomic mass is 10.0. The van der Waals surface area contributed by atoms with Crippen molar-refractivity contribution in [2.75, 3.05) is 19.5 Å². The van der Waals surface area contributed by atoms with Crippen molar-refractivity contribution in [3.63, 3.8) is 0 Å². The monoisotopic (exact) mass is 385 g/mol. The van der Waals surface area contributed by atoms with Gasteiger partial charge in [0.15, 0.2) is 0 Å². The molecule has 0 radical (unpaired) electrons. The van der Waals surface area contributed by atoms with E-state index in [-0.39, 0.29) is 12.4 Å². The minimum absolute atomic E-state index is 0.0887. The van der Waals surface area contributed by atoms with E-state index in [0.717, 1.165) is 17.3 Å². The lowest BCUT2D eigenvalue weighted by Crippen LogP contribution is -2.27. The molecular formula is C14H22BrF2NO2S. The molecule has 2 atom stereocenters. The van der Waals surface area contributed by atoms with Gasteiger partial charge in [-0.25, -0.2) is 13.3 Å². The van der Waals surface area contributed by atoms with Crippen molar-refractivity contribution in [1.29, 1.82) is 0 Å². The number of aliphatic hydroxyl groups is 1. The maximum atomic E-state index is 13.8. The lowest BCUT2D eigenvalue weighted by molar-refractivity contribution is 0.272. The molecule has 0 bridgehead atoms. The summed E-state index contributed by atoms with van der Waals surface area (Å²) < 4.78 is 38.8. The quantitative estimate of drug-likeness (QED) is 0.717. The fourth-order valence-corrected chi connectivity index (χ4v) is 3.29.